The molecule has 1 N–H and O–H groups in total. The lowest BCUT2D eigenvalue weighted by atomic mass is 10.1. The maximum absolute atomic E-state index is 13.2. The number of anilines is 2. The number of hydrogen-bond donors (Lipinski definition) is 1. The second kappa shape index (κ2) is 8.29. The quantitative estimate of drug-likeness (QED) is 0.469. The number of nitrogens with zero attached hydrogens (tertiary/aromatic N) is 4. The molecule has 4 heterocycles. The molecule has 1 saturated heterocycles. The van der Waals surface area contributed by atoms with Crippen LogP contribution in [0.15, 0.2) is 53.2 Å². The number of thiazole rings is 1. The van der Waals surface area contributed by atoms with Crippen LogP contribution in [0.3, 0.4) is 0 Å². The average molecular weight is 468 g/mol. The van der Waals surface area contributed by atoms with Crippen LogP contribution in [0.25, 0.3) is 15.7 Å². The highest BCUT2D eigenvalue weighted by atomic mass is 32.1. The van der Waals surface area contributed by atoms with Gasteiger partial charge in [0.1, 0.15) is 11.6 Å². The van der Waals surface area contributed by atoms with Gasteiger partial charge in [0.15, 0.2) is 0 Å². The van der Waals surface area contributed by atoms with E-state index < -0.39 is 5.92 Å². The summed E-state index contributed by atoms with van der Waals surface area (Å²) in [6.07, 6.45) is 0.0934. The zero-order chi connectivity index (χ0) is 22.2. The highest BCUT2D eigenvalue weighted by Gasteiger charge is 2.35. The number of hydrogen-bond acceptors (Lipinski definition) is 6. The molecule has 0 radical (unpaired) electrons. The zero-order valence-electron chi connectivity index (χ0n) is 17.0. The predicted octanol–water partition coefficient (Wildman–Crippen LogP) is 4.50. The van der Waals surface area contributed by atoms with Gasteiger partial charge in [0, 0.05) is 30.1 Å². The second-order valence-electron chi connectivity index (χ2n) is 7.45. The van der Waals surface area contributed by atoms with Crippen LogP contribution < -0.4 is 10.2 Å². The largest absolute Gasteiger partial charge is 0.312 e. The average Bonchev–Trinajstić information content (AvgIpc) is 3.55. The Labute approximate surface area is 191 Å². The summed E-state index contributed by atoms with van der Waals surface area (Å²) in [7, 11) is 0. The predicted molar refractivity (Wildman–Crippen MR) is 123 cm³/mol. The Hall–Kier alpha value is -3.37. The van der Waals surface area contributed by atoms with Crippen LogP contribution in [0.1, 0.15) is 12.1 Å². The number of aromatic nitrogens is 3. The Bertz CT molecular complexity index is 1280. The molecule has 162 valence electrons. The van der Waals surface area contributed by atoms with Crippen molar-refractivity contribution < 1.29 is 14.0 Å². The lowest BCUT2D eigenvalue weighted by Crippen LogP contribution is -2.28. The highest BCUT2D eigenvalue weighted by molar-refractivity contribution is 7.15. The number of carbonyl (C=O) groups excluding carboxylic acids is 2. The number of benzene rings is 1. The van der Waals surface area contributed by atoms with Crippen LogP contribution in [-0.4, -0.2) is 33.1 Å². The van der Waals surface area contributed by atoms with Crippen molar-refractivity contribution in [2.24, 2.45) is 5.92 Å². The fourth-order valence-electron chi connectivity index (χ4n) is 3.62. The summed E-state index contributed by atoms with van der Waals surface area (Å²) in [6.45, 7) is 2.08. The van der Waals surface area contributed by atoms with E-state index in [4.69, 9.17) is 0 Å². The smallest absolute Gasteiger partial charge is 0.230 e. The summed E-state index contributed by atoms with van der Waals surface area (Å²) >= 11 is 3.05. The van der Waals surface area contributed by atoms with Crippen LogP contribution in [0, 0.1) is 18.7 Å². The molecule has 1 aromatic carbocycles. The fraction of sp³-hybridized carbons (Fsp3) is 0.182. The van der Waals surface area contributed by atoms with Gasteiger partial charge in [-0.3, -0.25) is 9.59 Å². The first kappa shape index (κ1) is 20.5. The Balaban J connectivity index is 1.33. The van der Waals surface area contributed by atoms with E-state index in [1.807, 2.05) is 29.8 Å². The van der Waals surface area contributed by atoms with Crippen molar-refractivity contribution in [3.8, 4) is 15.7 Å². The Morgan fingerprint density at radius 1 is 1.22 bits per heavy atom. The van der Waals surface area contributed by atoms with Crippen molar-refractivity contribution in [2.45, 2.75) is 13.3 Å². The third-order valence-electron chi connectivity index (χ3n) is 5.16. The van der Waals surface area contributed by atoms with E-state index in [2.05, 4.69) is 15.4 Å². The van der Waals surface area contributed by atoms with E-state index in [1.165, 1.54) is 28.4 Å². The third kappa shape index (κ3) is 3.94. The van der Waals surface area contributed by atoms with Crippen molar-refractivity contribution in [1.29, 1.82) is 0 Å². The zero-order valence-corrected chi connectivity index (χ0v) is 18.6. The summed E-state index contributed by atoms with van der Waals surface area (Å²) in [5.74, 6) is -0.815. The van der Waals surface area contributed by atoms with Gasteiger partial charge in [0.25, 0.3) is 0 Å². The lowest BCUT2D eigenvalue weighted by molar-refractivity contribution is -0.122. The van der Waals surface area contributed by atoms with Gasteiger partial charge in [-0.15, -0.1) is 22.7 Å². The van der Waals surface area contributed by atoms with E-state index in [0.717, 1.165) is 16.3 Å². The standard InChI is InChI=1S/C22H18FN5O2S2/c1-13-9-19(28(26-13)22-24-17(12-32-22)18-3-2-8-31-18)25-21(30)14-10-20(29)27(11-14)16-6-4-15(23)5-7-16/h2-9,12,14H,10-11H2,1H3,(H,25,30). The minimum atomic E-state index is -0.519. The van der Waals surface area contributed by atoms with Crippen molar-refractivity contribution in [2.75, 3.05) is 16.8 Å². The minimum Gasteiger partial charge on any atom is -0.312 e. The maximum Gasteiger partial charge on any atom is 0.230 e. The van der Waals surface area contributed by atoms with E-state index >= 15 is 0 Å². The number of rotatable bonds is 5. The van der Waals surface area contributed by atoms with Gasteiger partial charge in [-0.2, -0.15) is 9.78 Å². The molecule has 7 nitrogen and oxygen atoms in total. The number of amides is 2. The molecule has 3 aromatic heterocycles. The first-order chi connectivity index (χ1) is 15.5. The number of nitrogens with one attached hydrogen (secondary N) is 1. The summed E-state index contributed by atoms with van der Waals surface area (Å²) in [5.41, 5.74) is 2.18. The first-order valence-electron chi connectivity index (χ1n) is 9.91. The van der Waals surface area contributed by atoms with Gasteiger partial charge in [-0.05, 0) is 42.6 Å². The maximum atomic E-state index is 13.2. The Morgan fingerprint density at radius 3 is 2.78 bits per heavy atom. The van der Waals surface area contributed by atoms with E-state index in [1.54, 1.807) is 34.2 Å². The summed E-state index contributed by atoms with van der Waals surface area (Å²) < 4.78 is 14.8. The molecule has 1 aliphatic heterocycles. The first-order valence-corrected chi connectivity index (χ1v) is 11.7. The fourth-order valence-corrected chi connectivity index (χ4v) is 5.16. The monoisotopic (exact) mass is 467 g/mol. The number of thiophene rings is 1. The summed E-state index contributed by atoms with van der Waals surface area (Å²) in [4.78, 5) is 32.7. The van der Waals surface area contributed by atoms with Gasteiger partial charge in [-0.1, -0.05) is 6.07 Å². The summed E-state index contributed by atoms with van der Waals surface area (Å²) in [6, 6.07) is 11.4. The van der Waals surface area contributed by atoms with Crippen LogP contribution in [0.2, 0.25) is 0 Å². The van der Waals surface area contributed by atoms with Gasteiger partial charge < -0.3 is 10.2 Å². The van der Waals surface area contributed by atoms with E-state index in [9.17, 15) is 14.0 Å². The van der Waals surface area contributed by atoms with Crippen molar-refractivity contribution >= 4 is 46.0 Å². The molecule has 10 heteroatoms. The molecule has 0 saturated carbocycles. The van der Waals surface area contributed by atoms with Crippen molar-refractivity contribution in [3.05, 3.63) is 64.7 Å². The van der Waals surface area contributed by atoms with Gasteiger partial charge >= 0.3 is 0 Å². The molecule has 32 heavy (non-hydrogen) atoms. The normalized spacial score (nSPS) is 16.0. The summed E-state index contributed by atoms with van der Waals surface area (Å²) in [5, 5.41) is 12.0. The Kier molecular flexibility index (Phi) is 5.32. The van der Waals surface area contributed by atoms with Gasteiger partial charge in [0.05, 0.1) is 22.2 Å². The van der Waals surface area contributed by atoms with Crippen LogP contribution >= 0.6 is 22.7 Å². The van der Waals surface area contributed by atoms with Gasteiger partial charge in [0.2, 0.25) is 16.9 Å². The molecule has 1 atom stereocenters. The number of halogens is 1. The highest BCUT2D eigenvalue weighted by Crippen LogP contribution is 2.30. The molecule has 1 aliphatic rings. The minimum absolute atomic E-state index is 0.0934. The van der Waals surface area contributed by atoms with Crippen LogP contribution in [0.4, 0.5) is 15.9 Å². The molecule has 0 bridgehead atoms. The van der Waals surface area contributed by atoms with Crippen LogP contribution in [-0.2, 0) is 9.59 Å². The molecular weight excluding hydrogens is 449 g/mol. The molecule has 1 fully saturated rings. The molecule has 0 aliphatic carbocycles. The van der Waals surface area contributed by atoms with Crippen molar-refractivity contribution in [3.63, 3.8) is 0 Å². The SMILES string of the molecule is Cc1cc(NC(=O)C2CC(=O)N(c3ccc(F)cc3)C2)n(-c2nc(-c3cccs3)cs2)n1. The number of carbonyl (C=O) groups is 2. The third-order valence-corrected chi connectivity index (χ3v) is 6.87. The second-order valence-corrected chi connectivity index (χ2v) is 9.23. The van der Waals surface area contributed by atoms with E-state index in [-0.39, 0.29) is 30.6 Å². The number of aryl methyl sites for hydroxylation is 1. The lowest BCUT2D eigenvalue weighted by Gasteiger charge is -2.16. The molecule has 5 rings (SSSR count). The van der Waals surface area contributed by atoms with Crippen molar-refractivity contribution in [1.82, 2.24) is 14.8 Å². The molecule has 2 amide bonds. The topological polar surface area (TPSA) is 80.1 Å². The molecule has 0 spiro atoms. The van der Waals surface area contributed by atoms with E-state index in [0.29, 0.717) is 16.6 Å². The van der Waals surface area contributed by atoms with Gasteiger partial charge in [-0.25, -0.2) is 9.37 Å². The molecule has 1 unspecified atom stereocenters. The Morgan fingerprint density at radius 2 is 2.03 bits per heavy atom. The van der Waals surface area contributed by atoms with Crippen LogP contribution in [0.5, 0.6) is 0 Å². The molecular formula is C22H18FN5O2S2. The molecule has 4 aromatic rings.